The van der Waals surface area contributed by atoms with Gasteiger partial charge in [-0.2, -0.15) is 4.31 Å². The van der Waals surface area contributed by atoms with Gasteiger partial charge in [-0.1, -0.05) is 93.6 Å². The molecule has 0 spiro atoms. The van der Waals surface area contributed by atoms with Gasteiger partial charge in [0.1, 0.15) is 0 Å². The molecule has 0 unspecified atom stereocenters. The fourth-order valence-corrected chi connectivity index (χ4v) is 7.04. The summed E-state index contributed by atoms with van der Waals surface area (Å²) >= 11 is 5.33. The number of carbonyl (C=O) groups excluding carboxylic acids is 1. The molecular formula is C35H38N4O3S2. The lowest BCUT2D eigenvalue weighted by atomic mass is 9.87. The average Bonchev–Trinajstić information content (AvgIpc) is 3.02. The van der Waals surface area contributed by atoms with E-state index in [0.29, 0.717) is 37.4 Å². The minimum atomic E-state index is -3.68. The molecule has 228 valence electrons. The van der Waals surface area contributed by atoms with E-state index in [1.54, 1.807) is 40.7 Å². The molecule has 1 aliphatic heterocycles. The highest BCUT2D eigenvalue weighted by Crippen LogP contribution is 2.30. The van der Waals surface area contributed by atoms with Gasteiger partial charge in [0.2, 0.25) is 10.0 Å². The highest BCUT2D eigenvalue weighted by atomic mass is 32.2. The molecule has 1 fully saturated rings. The van der Waals surface area contributed by atoms with Crippen LogP contribution in [0.5, 0.6) is 0 Å². The highest BCUT2D eigenvalue weighted by molar-refractivity contribution is 7.89. The second-order valence-electron chi connectivity index (χ2n) is 11.9. The van der Waals surface area contributed by atoms with Crippen LogP contribution in [0.15, 0.2) is 114 Å². The standard InChI is InChI=1S/C35H38N4O3S2/c1-35(2,3)29-16-14-28(15-17-29)33(40)37-34(43)36-30-18-20-31(21-19-30)44(41,42)39-24-22-38(23-25-39)32(26-10-6-4-7-11-26)27-12-8-5-9-13-27/h4-21,32H,22-25H2,1-3H3,(H2,36,37,40,43). The zero-order valence-electron chi connectivity index (χ0n) is 25.2. The molecule has 0 radical (unpaired) electrons. The normalized spacial score (nSPS) is 14.7. The van der Waals surface area contributed by atoms with Gasteiger partial charge in [0.25, 0.3) is 5.91 Å². The van der Waals surface area contributed by atoms with Crippen molar-refractivity contribution in [2.45, 2.75) is 37.1 Å². The monoisotopic (exact) mass is 626 g/mol. The van der Waals surface area contributed by atoms with Gasteiger partial charge in [0.15, 0.2) is 5.11 Å². The molecule has 9 heteroatoms. The summed E-state index contributed by atoms with van der Waals surface area (Å²) in [6.07, 6.45) is 0. The van der Waals surface area contributed by atoms with Crippen LogP contribution in [-0.4, -0.2) is 54.8 Å². The van der Waals surface area contributed by atoms with Gasteiger partial charge in [-0.05, 0) is 70.7 Å². The molecule has 0 aliphatic carbocycles. The Labute approximate surface area is 266 Å². The van der Waals surface area contributed by atoms with Gasteiger partial charge in [0.05, 0.1) is 10.9 Å². The van der Waals surface area contributed by atoms with E-state index in [1.165, 1.54) is 11.1 Å². The Morgan fingerprint density at radius 3 is 1.77 bits per heavy atom. The lowest BCUT2D eigenvalue weighted by molar-refractivity contribution is 0.0977. The van der Waals surface area contributed by atoms with Crippen LogP contribution in [0.3, 0.4) is 0 Å². The van der Waals surface area contributed by atoms with Crippen molar-refractivity contribution in [3.8, 4) is 0 Å². The largest absolute Gasteiger partial charge is 0.332 e. The summed E-state index contributed by atoms with van der Waals surface area (Å²) in [6.45, 7) is 8.36. The van der Waals surface area contributed by atoms with E-state index in [1.807, 2.05) is 48.5 Å². The Hall–Kier alpha value is -3.89. The molecule has 0 atom stereocenters. The van der Waals surface area contributed by atoms with Crippen LogP contribution in [0, 0.1) is 0 Å². The second kappa shape index (κ2) is 13.4. The number of hydrogen-bond donors (Lipinski definition) is 2. The van der Waals surface area contributed by atoms with Gasteiger partial charge >= 0.3 is 0 Å². The van der Waals surface area contributed by atoms with Crippen molar-refractivity contribution in [1.29, 1.82) is 0 Å². The number of nitrogens with one attached hydrogen (secondary N) is 2. The summed E-state index contributed by atoms with van der Waals surface area (Å²) in [6, 6.07) is 34.6. The maximum absolute atomic E-state index is 13.5. The zero-order valence-corrected chi connectivity index (χ0v) is 26.9. The predicted molar refractivity (Wildman–Crippen MR) is 180 cm³/mol. The number of carbonyl (C=O) groups is 1. The fraction of sp³-hybridized carbons (Fsp3) is 0.257. The Morgan fingerprint density at radius 1 is 0.750 bits per heavy atom. The highest BCUT2D eigenvalue weighted by Gasteiger charge is 2.32. The van der Waals surface area contributed by atoms with Crippen molar-refractivity contribution in [1.82, 2.24) is 14.5 Å². The maximum atomic E-state index is 13.5. The average molecular weight is 627 g/mol. The third-order valence-corrected chi connectivity index (χ3v) is 9.98. The topological polar surface area (TPSA) is 81.8 Å². The van der Waals surface area contributed by atoms with Gasteiger partial charge < -0.3 is 5.32 Å². The van der Waals surface area contributed by atoms with E-state index in [2.05, 4.69) is 60.6 Å². The second-order valence-corrected chi connectivity index (χ2v) is 14.3. The number of piperazine rings is 1. The molecule has 1 heterocycles. The van der Waals surface area contributed by atoms with Gasteiger partial charge in [0, 0.05) is 37.4 Å². The number of amides is 1. The van der Waals surface area contributed by atoms with Crippen LogP contribution in [-0.2, 0) is 15.4 Å². The Balaban J connectivity index is 1.19. The third kappa shape index (κ3) is 7.42. The van der Waals surface area contributed by atoms with E-state index in [9.17, 15) is 13.2 Å². The fourth-order valence-electron chi connectivity index (χ4n) is 5.41. The van der Waals surface area contributed by atoms with E-state index >= 15 is 0 Å². The van der Waals surface area contributed by atoms with Gasteiger partial charge in [-0.3, -0.25) is 15.0 Å². The maximum Gasteiger partial charge on any atom is 0.257 e. The first-order valence-corrected chi connectivity index (χ1v) is 16.5. The molecule has 0 bridgehead atoms. The quantitative estimate of drug-likeness (QED) is 0.238. The smallest absolute Gasteiger partial charge is 0.257 e. The number of benzene rings is 4. The first kappa shape index (κ1) is 31.5. The molecule has 0 aromatic heterocycles. The number of sulfonamides is 1. The third-order valence-electron chi connectivity index (χ3n) is 7.86. The SMILES string of the molecule is CC(C)(C)c1ccc(C(=O)NC(=S)Nc2ccc(S(=O)(=O)N3CCN(C(c4ccccc4)c4ccccc4)CC3)cc2)cc1. The first-order valence-electron chi connectivity index (χ1n) is 14.7. The van der Waals surface area contributed by atoms with Crippen molar-refractivity contribution < 1.29 is 13.2 Å². The molecule has 4 aromatic rings. The van der Waals surface area contributed by atoms with Gasteiger partial charge in [-0.25, -0.2) is 8.42 Å². The summed E-state index contributed by atoms with van der Waals surface area (Å²) < 4.78 is 28.6. The van der Waals surface area contributed by atoms with Crippen LogP contribution in [0.1, 0.15) is 53.9 Å². The Kier molecular flexibility index (Phi) is 9.60. The minimum absolute atomic E-state index is 0.00630. The van der Waals surface area contributed by atoms with Crippen LogP contribution in [0.4, 0.5) is 5.69 Å². The summed E-state index contributed by atoms with van der Waals surface area (Å²) in [5.74, 6) is -0.317. The zero-order chi connectivity index (χ0) is 31.3. The van der Waals surface area contributed by atoms with E-state index < -0.39 is 10.0 Å². The molecule has 1 saturated heterocycles. The molecule has 1 amide bonds. The number of hydrogen-bond acceptors (Lipinski definition) is 5. The first-order chi connectivity index (χ1) is 21.0. The van der Waals surface area contributed by atoms with Crippen LogP contribution >= 0.6 is 12.2 Å². The van der Waals surface area contributed by atoms with Crippen molar-refractivity contribution in [2.75, 3.05) is 31.5 Å². The number of thiocarbonyl (C=S) groups is 1. The Bertz CT molecular complexity index is 1640. The predicted octanol–water partition coefficient (Wildman–Crippen LogP) is 6.21. The minimum Gasteiger partial charge on any atom is -0.332 e. The van der Waals surface area contributed by atoms with Crippen molar-refractivity contribution in [3.05, 3.63) is 131 Å². The van der Waals surface area contributed by atoms with Crippen molar-refractivity contribution in [2.24, 2.45) is 0 Å². The molecular weight excluding hydrogens is 589 g/mol. The lowest BCUT2D eigenvalue weighted by Crippen LogP contribution is -2.49. The molecule has 2 N–H and O–H groups in total. The molecule has 5 rings (SSSR count). The van der Waals surface area contributed by atoms with E-state index in [-0.39, 0.29) is 27.4 Å². The molecule has 0 saturated carbocycles. The van der Waals surface area contributed by atoms with E-state index in [4.69, 9.17) is 12.2 Å². The van der Waals surface area contributed by atoms with Crippen molar-refractivity contribution in [3.63, 3.8) is 0 Å². The van der Waals surface area contributed by atoms with Gasteiger partial charge in [-0.15, -0.1) is 0 Å². The summed E-state index contributed by atoms with van der Waals surface area (Å²) in [5, 5.41) is 5.79. The number of anilines is 1. The van der Waals surface area contributed by atoms with E-state index in [0.717, 1.165) is 5.56 Å². The molecule has 7 nitrogen and oxygen atoms in total. The summed E-state index contributed by atoms with van der Waals surface area (Å²) in [7, 11) is -3.68. The Morgan fingerprint density at radius 2 is 1.27 bits per heavy atom. The number of nitrogens with zero attached hydrogens (tertiary/aromatic N) is 2. The molecule has 4 aromatic carbocycles. The van der Waals surface area contributed by atoms with Crippen LogP contribution < -0.4 is 10.6 Å². The molecule has 44 heavy (non-hydrogen) atoms. The molecule has 1 aliphatic rings. The van der Waals surface area contributed by atoms with Crippen LogP contribution in [0.2, 0.25) is 0 Å². The lowest BCUT2D eigenvalue weighted by Gasteiger charge is -2.39. The van der Waals surface area contributed by atoms with Crippen molar-refractivity contribution >= 4 is 38.9 Å². The summed E-state index contributed by atoms with van der Waals surface area (Å²) in [4.78, 5) is 15.2. The number of rotatable bonds is 7. The summed E-state index contributed by atoms with van der Waals surface area (Å²) in [5.41, 5.74) is 4.58. The van der Waals surface area contributed by atoms with Crippen LogP contribution in [0.25, 0.3) is 0 Å².